The standard InChI is InChI=1S/C19H31NO/c1-3-7-15-10-11-16(14-20)18(13-15)17-8-5-6-9-19(17)21-12-4-2/h5-6,8-9,15-16,18H,3-4,7,10-14,20H2,1-2H3. The summed E-state index contributed by atoms with van der Waals surface area (Å²) in [6.07, 6.45) is 7.60. The summed E-state index contributed by atoms with van der Waals surface area (Å²) in [5.74, 6) is 3.14. The van der Waals surface area contributed by atoms with Crippen molar-refractivity contribution in [3.05, 3.63) is 29.8 Å². The molecule has 21 heavy (non-hydrogen) atoms. The van der Waals surface area contributed by atoms with Crippen molar-refractivity contribution in [2.75, 3.05) is 13.2 Å². The van der Waals surface area contributed by atoms with E-state index in [0.717, 1.165) is 31.2 Å². The maximum Gasteiger partial charge on any atom is 0.122 e. The van der Waals surface area contributed by atoms with E-state index in [9.17, 15) is 0 Å². The summed E-state index contributed by atoms with van der Waals surface area (Å²) >= 11 is 0. The highest BCUT2D eigenvalue weighted by molar-refractivity contribution is 5.37. The minimum atomic E-state index is 0.577. The largest absolute Gasteiger partial charge is 0.493 e. The van der Waals surface area contributed by atoms with Crippen molar-refractivity contribution >= 4 is 0 Å². The molecule has 3 atom stereocenters. The molecule has 1 saturated carbocycles. The predicted octanol–water partition coefficient (Wildman–Crippen LogP) is 4.73. The molecule has 0 radical (unpaired) electrons. The Bertz CT molecular complexity index is 418. The average Bonchev–Trinajstić information content (AvgIpc) is 2.53. The third kappa shape index (κ3) is 4.23. The molecule has 0 aliphatic heterocycles. The van der Waals surface area contributed by atoms with E-state index in [0.29, 0.717) is 11.8 Å². The van der Waals surface area contributed by atoms with Crippen molar-refractivity contribution in [1.29, 1.82) is 0 Å². The zero-order chi connectivity index (χ0) is 15.1. The molecule has 3 unspecified atom stereocenters. The van der Waals surface area contributed by atoms with E-state index in [1.54, 1.807) is 0 Å². The van der Waals surface area contributed by atoms with Crippen molar-refractivity contribution in [2.45, 2.75) is 58.3 Å². The van der Waals surface area contributed by atoms with Gasteiger partial charge in [0, 0.05) is 0 Å². The van der Waals surface area contributed by atoms with Gasteiger partial charge in [-0.15, -0.1) is 0 Å². The molecule has 2 N–H and O–H groups in total. The third-order valence-corrected chi connectivity index (χ3v) is 4.88. The number of ether oxygens (including phenoxy) is 1. The number of benzene rings is 1. The summed E-state index contributed by atoms with van der Waals surface area (Å²) in [5.41, 5.74) is 7.45. The minimum Gasteiger partial charge on any atom is -0.493 e. The van der Waals surface area contributed by atoms with Gasteiger partial charge in [0.05, 0.1) is 6.61 Å². The average molecular weight is 289 g/mol. The Morgan fingerprint density at radius 3 is 2.67 bits per heavy atom. The third-order valence-electron chi connectivity index (χ3n) is 4.88. The minimum absolute atomic E-state index is 0.577. The lowest BCUT2D eigenvalue weighted by Gasteiger charge is -2.36. The van der Waals surface area contributed by atoms with Gasteiger partial charge in [0.15, 0.2) is 0 Å². The SMILES string of the molecule is CCCOc1ccccc1C1CC(CCC)CCC1CN. The van der Waals surface area contributed by atoms with Gasteiger partial charge in [-0.05, 0) is 55.2 Å². The first kappa shape index (κ1) is 16.4. The van der Waals surface area contributed by atoms with Gasteiger partial charge in [0.2, 0.25) is 0 Å². The maximum atomic E-state index is 6.06. The van der Waals surface area contributed by atoms with Crippen LogP contribution in [0, 0.1) is 11.8 Å². The van der Waals surface area contributed by atoms with Gasteiger partial charge in [0.1, 0.15) is 5.75 Å². The van der Waals surface area contributed by atoms with E-state index in [1.165, 1.54) is 37.7 Å². The highest BCUT2D eigenvalue weighted by atomic mass is 16.5. The van der Waals surface area contributed by atoms with Crippen LogP contribution in [0.1, 0.15) is 63.9 Å². The van der Waals surface area contributed by atoms with Crippen molar-refractivity contribution < 1.29 is 4.74 Å². The lowest BCUT2D eigenvalue weighted by atomic mass is 9.70. The van der Waals surface area contributed by atoms with Crippen LogP contribution in [0.25, 0.3) is 0 Å². The molecule has 0 amide bonds. The molecule has 0 bridgehead atoms. The zero-order valence-electron chi connectivity index (χ0n) is 13.7. The first-order chi connectivity index (χ1) is 10.3. The number of nitrogens with two attached hydrogens (primary N) is 1. The molecule has 1 aliphatic carbocycles. The van der Waals surface area contributed by atoms with Gasteiger partial charge in [-0.25, -0.2) is 0 Å². The van der Waals surface area contributed by atoms with Crippen molar-refractivity contribution in [1.82, 2.24) is 0 Å². The summed E-state index contributed by atoms with van der Waals surface area (Å²) in [6.45, 7) is 6.05. The molecule has 2 rings (SSSR count). The maximum absolute atomic E-state index is 6.06. The molecule has 1 aliphatic rings. The normalized spacial score (nSPS) is 25.8. The Morgan fingerprint density at radius 2 is 1.95 bits per heavy atom. The van der Waals surface area contributed by atoms with Crippen LogP contribution in [0.5, 0.6) is 5.75 Å². The van der Waals surface area contributed by atoms with Crippen molar-refractivity contribution in [3.63, 3.8) is 0 Å². The van der Waals surface area contributed by atoms with Gasteiger partial charge in [0.25, 0.3) is 0 Å². The van der Waals surface area contributed by atoms with Crippen LogP contribution in [0.4, 0.5) is 0 Å². The fourth-order valence-corrected chi connectivity index (χ4v) is 3.78. The molecular formula is C19H31NO. The summed E-state index contributed by atoms with van der Waals surface area (Å²) in [6, 6.07) is 8.61. The molecule has 0 aromatic heterocycles. The Morgan fingerprint density at radius 1 is 1.14 bits per heavy atom. The van der Waals surface area contributed by atoms with E-state index in [1.807, 2.05) is 0 Å². The molecule has 118 valence electrons. The second kappa shape index (κ2) is 8.43. The van der Waals surface area contributed by atoms with Crippen LogP contribution >= 0.6 is 0 Å². The Balaban J connectivity index is 2.19. The molecule has 1 aromatic carbocycles. The fraction of sp³-hybridized carbons (Fsp3) is 0.684. The van der Waals surface area contributed by atoms with Gasteiger partial charge in [-0.2, -0.15) is 0 Å². The second-order valence-electron chi connectivity index (χ2n) is 6.46. The second-order valence-corrected chi connectivity index (χ2v) is 6.46. The molecule has 0 heterocycles. The predicted molar refractivity (Wildman–Crippen MR) is 89.8 cm³/mol. The van der Waals surface area contributed by atoms with Crippen LogP contribution in [0.15, 0.2) is 24.3 Å². The monoisotopic (exact) mass is 289 g/mol. The van der Waals surface area contributed by atoms with Crippen molar-refractivity contribution in [2.24, 2.45) is 17.6 Å². The van der Waals surface area contributed by atoms with E-state index in [2.05, 4.69) is 38.1 Å². The van der Waals surface area contributed by atoms with Crippen molar-refractivity contribution in [3.8, 4) is 5.75 Å². The van der Waals surface area contributed by atoms with E-state index >= 15 is 0 Å². The Hall–Kier alpha value is -1.02. The Labute approximate surface area is 130 Å². The van der Waals surface area contributed by atoms with E-state index < -0.39 is 0 Å². The van der Waals surface area contributed by atoms with Crippen LogP contribution in [-0.4, -0.2) is 13.2 Å². The van der Waals surface area contributed by atoms with Crippen LogP contribution < -0.4 is 10.5 Å². The van der Waals surface area contributed by atoms with Crippen LogP contribution in [0.2, 0.25) is 0 Å². The molecule has 0 saturated heterocycles. The van der Waals surface area contributed by atoms with Gasteiger partial charge >= 0.3 is 0 Å². The van der Waals surface area contributed by atoms with E-state index in [-0.39, 0.29) is 0 Å². The first-order valence-corrected chi connectivity index (χ1v) is 8.71. The number of rotatable bonds is 7. The number of para-hydroxylation sites is 1. The molecule has 1 aromatic rings. The summed E-state index contributed by atoms with van der Waals surface area (Å²) in [5, 5.41) is 0. The van der Waals surface area contributed by atoms with Gasteiger partial charge in [-0.1, -0.05) is 51.3 Å². The summed E-state index contributed by atoms with van der Waals surface area (Å²) in [7, 11) is 0. The topological polar surface area (TPSA) is 35.2 Å². The zero-order valence-corrected chi connectivity index (χ0v) is 13.7. The van der Waals surface area contributed by atoms with Gasteiger partial charge < -0.3 is 10.5 Å². The fourth-order valence-electron chi connectivity index (χ4n) is 3.78. The number of hydrogen-bond acceptors (Lipinski definition) is 2. The number of hydrogen-bond donors (Lipinski definition) is 1. The molecule has 2 nitrogen and oxygen atoms in total. The van der Waals surface area contributed by atoms with E-state index in [4.69, 9.17) is 10.5 Å². The lowest BCUT2D eigenvalue weighted by Crippen LogP contribution is -2.29. The highest BCUT2D eigenvalue weighted by Gasteiger charge is 2.31. The smallest absolute Gasteiger partial charge is 0.122 e. The first-order valence-electron chi connectivity index (χ1n) is 8.71. The van der Waals surface area contributed by atoms with Gasteiger partial charge in [-0.3, -0.25) is 0 Å². The van der Waals surface area contributed by atoms with Crippen LogP contribution in [0.3, 0.4) is 0 Å². The molecule has 2 heteroatoms. The summed E-state index contributed by atoms with van der Waals surface area (Å²) < 4.78 is 5.99. The molecule has 1 fully saturated rings. The van der Waals surface area contributed by atoms with Crippen LogP contribution in [-0.2, 0) is 0 Å². The molecule has 0 spiro atoms. The summed E-state index contributed by atoms with van der Waals surface area (Å²) in [4.78, 5) is 0. The Kier molecular flexibility index (Phi) is 6.56. The quantitative estimate of drug-likeness (QED) is 0.787. The molecular weight excluding hydrogens is 258 g/mol. The highest BCUT2D eigenvalue weighted by Crippen LogP contribution is 2.44. The lowest BCUT2D eigenvalue weighted by molar-refractivity contribution is 0.223.